The first-order chi connectivity index (χ1) is 3.83. The molecule has 1 rings (SSSR count). The summed E-state index contributed by atoms with van der Waals surface area (Å²) in [6, 6.07) is 0. The molecule has 0 unspecified atom stereocenters. The van der Waals surface area contributed by atoms with E-state index in [0.29, 0.717) is 6.54 Å². The molecule has 0 atom stereocenters. The third kappa shape index (κ3) is 2.43. The zero-order chi connectivity index (χ0) is 5.98. The molecule has 52 valence electrons. The molecular formula is C5H9BrN2S. The van der Waals surface area contributed by atoms with Gasteiger partial charge >= 0.3 is 0 Å². The number of hydrogen-bond donors (Lipinski definition) is 1. The van der Waals surface area contributed by atoms with Crippen molar-refractivity contribution in [1.82, 2.24) is 4.98 Å². The third-order valence-electron chi connectivity index (χ3n) is 0.727. The number of aromatic nitrogens is 1. The lowest BCUT2D eigenvalue weighted by Gasteiger charge is -1.78. The summed E-state index contributed by atoms with van der Waals surface area (Å²) in [5.74, 6) is 0. The van der Waals surface area contributed by atoms with Crippen LogP contribution in [0.3, 0.4) is 0 Å². The molecule has 0 aromatic carbocycles. The highest BCUT2D eigenvalue weighted by molar-refractivity contribution is 9.11. The van der Waals surface area contributed by atoms with E-state index < -0.39 is 0 Å². The maximum Gasteiger partial charge on any atom is 0.159 e. The number of rotatable bonds is 1. The van der Waals surface area contributed by atoms with E-state index in [0.717, 1.165) is 8.79 Å². The van der Waals surface area contributed by atoms with Gasteiger partial charge < -0.3 is 5.73 Å². The van der Waals surface area contributed by atoms with Crippen molar-refractivity contribution in [3.63, 3.8) is 0 Å². The van der Waals surface area contributed by atoms with Crippen LogP contribution in [0.15, 0.2) is 10.1 Å². The van der Waals surface area contributed by atoms with Gasteiger partial charge in [0.1, 0.15) is 0 Å². The molecule has 0 bridgehead atoms. The van der Waals surface area contributed by atoms with Crippen molar-refractivity contribution in [2.24, 2.45) is 5.73 Å². The summed E-state index contributed by atoms with van der Waals surface area (Å²) in [6.07, 6.45) is 1.77. The van der Waals surface area contributed by atoms with Gasteiger partial charge in [-0.3, -0.25) is 0 Å². The fourth-order valence-corrected chi connectivity index (χ4v) is 1.61. The minimum absolute atomic E-state index is 0. The standard InChI is InChI=1S/C4H5BrN2S.CH4/c5-4-7-2-3(1-6)8-4;/h2H,1,6H2;1H4. The van der Waals surface area contributed by atoms with Gasteiger partial charge in [0.25, 0.3) is 0 Å². The molecule has 0 saturated carbocycles. The Bertz CT molecular complexity index is 175. The Kier molecular flexibility index (Phi) is 4.01. The van der Waals surface area contributed by atoms with Crippen molar-refractivity contribution in [3.8, 4) is 0 Å². The second-order valence-corrected chi connectivity index (χ2v) is 3.67. The van der Waals surface area contributed by atoms with Crippen LogP contribution in [0.2, 0.25) is 0 Å². The molecule has 1 aromatic heterocycles. The molecule has 0 radical (unpaired) electrons. The lowest BCUT2D eigenvalue weighted by Crippen LogP contribution is -1.91. The van der Waals surface area contributed by atoms with Crippen molar-refractivity contribution in [3.05, 3.63) is 15.0 Å². The summed E-state index contributed by atoms with van der Waals surface area (Å²) in [5, 5.41) is 0. The van der Waals surface area contributed by atoms with Gasteiger partial charge in [-0.1, -0.05) is 7.43 Å². The van der Waals surface area contributed by atoms with E-state index in [9.17, 15) is 0 Å². The number of thiazole rings is 1. The largest absolute Gasteiger partial charge is 0.326 e. The lowest BCUT2D eigenvalue weighted by atomic mass is 10.6. The highest BCUT2D eigenvalue weighted by Crippen LogP contribution is 2.17. The normalized spacial score (nSPS) is 8.67. The Morgan fingerprint density at radius 2 is 2.44 bits per heavy atom. The molecule has 9 heavy (non-hydrogen) atoms. The van der Waals surface area contributed by atoms with Crippen LogP contribution in [0, 0.1) is 0 Å². The van der Waals surface area contributed by atoms with Crippen molar-refractivity contribution >= 4 is 27.3 Å². The van der Waals surface area contributed by atoms with E-state index >= 15 is 0 Å². The molecule has 4 heteroatoms. The van der Waals surface area contributed by atoms with E-state index in [4.69, 9.17) is 5.73 Å². The number of nitrogens with two attached hydrogens (primary N) is 1. The average Bonchev–Trinajstić information content (AvgIpc) is 2.14. The van der Waals surface area contributed by atoms with Crippen LogP contribution in [0.25, 0.3) is 0 Å². The number of hydrogen-bond acceptors (Lipinski definition) is 3. The quantitative estimate of drug-likeness (QED) is 0.768. The fourth-order valence-electron chi connectivity index (χ4n) is 0.378. The maximum absolute atomic E-state index is 5.31. The Morgan fingerprint density at radius 3 is 2.67 bits per heavy atom. The first kappa shape index (κ1) is 9.07. The van der Waals surface area contributed by atoms with E-state index in [1.807, 2.05) is 0 Å². The predicted octanol–water partition coefficient (Wildman–Crippen LogP) is 2.00. The number of halogens is 1. The molecule has 2 nitrogen and oxygen atoms in total. The van der Waals surface area contributed by atoms with Gasteiger partial charge in [0, 0.05) is 17.6 Å². The monoisotopic (exact) mass is 208 g/mol. The lowest BCUT2D eigenvalue weighted by molar-refractivity contribution is 1.09. The summed E-state index contributed by atoms with van der Waals surface area (Å²) in [7, 11) is 0. The van der Waals surface area contributed by atoms with E-state index in [-0.39, 0.29) is 7.43 Å². The Balaban J connectivity index is 0.000000640. The topological polar surface area (TPSA) is 38.9 Å². The Hall–Kier alpha value is 0.0700. The molecule has 0 aliphatic heterocycles. The zero-order valence-electron chi connectivity index (χ0n) is 4.10. The van der Waals surface area contributed by atoms with Crippen LogP contribution in [-0.2, 0) is 6.54 Å². The second kappa shape index (κ2) is 3.98. The fraction of sp³-hybridized carbons (Fsp3) is 0.400. The van der Waals surface area contributed by atoms with Gasteiger partial charge in [0.05, 0.1) is 0 Å². The van der Waals surface area contributed by atoms with Crippen molar-refractivity contribution < 1.29 is 0 Å². The first-order valence-corrected chi connectivity index (χ1v) is 3.74. The molecule has 1 heterocycles. The van der Waals surface area contributed by atoms with Crippen molar-refractivity contribution in [1.29, 1.82) is 0 Å². The molecule has 0 amide bonds. The van der Waals surface area contributed by atoms with Gasteiger partial charge in [-0.05, 0) is 15.9 Å². The van der Waals surface area contributed by atoms with Crippen molar-refractivity contribution in [2.45, 2.75) is 14.0 Å². The minimum atomic E-state index is 0. The van der Waals surface area contributed by atoms with Gasteiger partial charge in [-0.15, -0.1) is 11.3 Å². The van der Waals surface area contributed by atoms with Crippen LogP contribution in [0.4, 0.5) is 0 Å². The van der Waals surface area contributed by atoms with E-state index in [1.54, 1.807) is 17.5 Å². The molecule has 0 aliphatic rings. The van der Waals surface area contributed by atoms with Crippen LogP contribution in [-0.4, -0.2) is 4.98 Å². The SMILES string of the molecule is C.NCc1cnc(Br)s1. The molecule has 0 spiro atoms. The molecule has 0 fully saturated rings. The van der Waals surface area contributed by atoms with Crippen molar-refractivity contribution in [2.75, 3.05) is 0 Å². The summed E-state index contributed by atoms with van der Waals surface area (Å²) >= 11 is 4.79. The highest BCUT2D eigenvalue weighted by Gasteiger charge is 1.92. The molecular weight excluding hydrogens is 200 g/mol. The summed E-state index contributed by atoms with van der Waals surface area (Å²) in [6.45, 7) is 0.587. The maximum atomic E-state index is 5.31. The molecule has 0 aliphatic carbocycles. The van der Waals surface area contributed by atoms with Gasteiger partial charge in [0.15, 0.2) is 3.92 Å². The smallest absolute Gasteiger partial charge is 0.159 e. The van der Waals surface area contributed by atoms with Gasteiger partial charge in [-0.2, -0.15) is 0 Å². The van der Waals surface area contributed by atoms with E-state index in [1.165, 1.54) is 0 Å². The third-order valence-corrected chi connectivity index (χ3v) is 2.23. The first-order valence-electron chi connectivity index (χ1n) is 2.13. The highest BCUT2D eigenvalue weighted by atomic mass is 79.9. The second-order valence-electron chi connectivity index (χ2n) is 1.28. The average molecular weight is 209 g/mol. The Morgan fingerprint density at radius 1 is 1.78 bits per heavy atom. The number of nitrogens with zero attached hydrogens (tertiary/aromatic N) is 1. The summed E-state index contributed by atoms with van der Waals surface area (Å²) in [5.41, 5.74) is 5.31. The predicted molar refractivity (Wildman–Crippen MR) is 44.4 cm³/mol. The molecule has 2 N–H and O–H groups in total. The van der Waals surface area contributed by atoms with Crippen LogP contribution in [0.5, 0.6) is 0 Å². The van der Waals surface area contributed by atoms with Crippen LogP contribution < -0.4 is 5.73 Å². The summed E-state index contributed by atoms with van der Waals surface area (Å²) in [4.78, 5) is 5.05. The minimum Gasteiger partial charge on any atom is -0.326 e. The van der Waals surface area contributed by atoms with Gasteiger partial charge in [-0.25, -0.2) is 4.98 Å². The Labute approximate surface area is 67.2 Å². The van der Waals surface area contributed by atoms with Crippen LogP contribution in [0.1, 0.15) is 12.3 Å². The molecule has 0 saturated heterocycles. The summed E-state index contributed by atoms with van der Waals surface area (Å²) < 4.78 is 0.901. The van der Waals surface area contributed by atoms with Gasteiger partial charge in [0.2, 0.25) is 0 Å². The van der Waals surface area contributed by atoms with E-state index in [2.05, 4.69) is 20.9 Å². The zero-order valence-corrected chi connectivity index (χ0v) is 6.50. The van der Waals surface area contributed by atoms with Crippen LogP contribution >= 0.6 is 27.3 Å². The molecule has 1 aromatic rings.